The van der Waals surface area contributed by atoms with Crippen molar-refractivity contribution in [1.29, 1.82) is 0 Å². The van der Waals surface area contributed by atoms with Crippen LogP contribution in [0.2, 0.25) is 0 Å². The molecule has 0 unspecified atom stereocenters. The second-order valence-corrected chi connectivity index (χ2v) is 38.6. The molecule has 33 N–H and O–H groups in total. The van der Waals surface area contributed by atoms with Crippen LogP contribution in [0.25, 0.3) is 10.9 Å². The molecule has 1 aliphatic heterocycles. The van der Waals surface area contributed by atoms with Gasteiger partial charge in [-0.1, -0.05) is 93.9 Å². The summed E-state index contributed by atoms with van der Waals surface area (Å²) in [6, 6.07) is -19.8. The van der Waals surface area contributed by atoms with Gasteiger partial charge in [-0.15, -0.1) is 0 Å². The number of unbranched alkanes of at least 4 members (excludes halogenated alkanes) is 3. The number of carbonyl (C=O) groups is 22. The number of benzene rings is 1. The largest absolute Gasteiger partial charge is 0.481 e. The normalized spacial score (nSPS) is 16.2. The zero-order valence-corrected chi connectivity index (χ0v) is 86.0. The number of fused-ring (bicyclic) bond motifs is 1. The number of nitrogens with zero attached hydrogens (tertiary/aromatic N) is 1. The second-order valence-electron chi connectivity index (χ2n) is 37.9. The molecule has 3 rings (SSSR count). The molecule has 1 saturated heterocycles. The monoisotopic (exact) mass is 2090 g/mol. The van der Waals surface area contributed by atoms with Gasteiger partial charge in [0.2, 0.25) is 112 Å². The zero-order chi connectivity index (χ0) is 109. The summed E-state index contributed by atoms with van der Waals surface area (Å²) in [5.41, 5.74) is 35.1. The Kier molecular flexibility index (Phi) is 57.0. The van der Waals surface area contributed by atoms with Crippen LogP contribution in [-0.2, 0) is 112 Å². The van der Waals surface area contributed by atoms with Crippen molar-refractivity contribution in [2.24, 2.45) is 64.0 Å². The highest BCUT2D eigenvalue weighted by atomic mass is 32.1. The van der Waals surface area contributed by atoms with Crippen LogP contribution in [0.4, 0.5) is 0 Å². The van der Waals surface area contributed by atoms with Crippen molar-refractivity contribution in [2.45, 2.75) is 326 Å². The van der Waals surface area contributed by atoms with Crippen LogP contribution in [0.5, 0.6) is 0 Å². The predicted octanol–water partition coefficient (Wildman–Crippen LogP) is -5.55. The van der Waals surface area contributed by atoms with Gasteiger partial charge in [-0.2, -0.15) is 25.3 Å². The van der Waals surface area contributed by atoms with E-state index in [1.165, 1.54) is 11.1 Å². The lowest BCUT2D eigenvalue weighted by molar-refractivity contribution is -0.150. The van der Waals surface area contributed by atoms with Gasteiger partial charge in [0.1, 0.15) is 96.7 Å². The number of hydrogen-bond donors (Lipinski definition) is 29. The highest BCUT2D eigenvalue weighted by Crippen LogP contribution is 2.25. The van der Waals surface area contributed by atoms with Gasteiger partial charge in [-0.3, -0.25) is 101 Å². The number of aromatic amines is 1. The Labute approximate surface area is 853 Å². The van der Waals surface area contributed by atoms with Crippen LogP contribution >= 0.6 is 25.3 Å². The Bertz CT molecular complexity index is 4720. The minimum Gasteiger partial charge on any atom is -0.481 e. The molecule has 0 spiro atoms. The number of para-hydroxylation sites is 1. The fourth-order valence-corrected chi connectivity index (χ4v) is 16.1. The fraction of sp³-hybridized carbons (Fsp3) is 0.677. The van der Waals surface area contributed by atoms with E-state index in [4.69, 9.17) is 34.4 Å². The van der Waals surface area contributed by atoms with Gasteiger partial charge in [0.05, 0.1) is 31.5 Å². The molecule has 2 aromatic rings. The lowest BCUT2D eigenvalue weighted by Gasteiger charge is -2.32. The molecule has 1 aromatic carbocycles. The number of carboxylic acids is 3. The Hall–Kier alpha value is -12.4. The number of primary amides is 2. The SMILES string of the molecule is CC[C@H](C)[C@H](NC(=O)[C@H](CS)NC(=O)[C@@H](NC(=O)[C@H](CCCCN)NC(=O)[C@H](CCC(N)=O)NC(=O)[C@H](CCCCN)NC(=O)[C@@H](NC(=O)[C@H](CC(C)C)NC(=O)[C@H](CC(C)C)NC(=O)[C@H](CC(=O)O)NC(=O)[C@H](Cc1c[nH]c2ccccc12)NC(=O)[C@H](CCCCN)NC(=O)[C@H](CS)NC(=O)CNC(=O)[C@H](CC(=O)O)NC(=O)[C@H](CC(C)C)NC(=O)[C@@H](N)CCC(N)=O)[C@@H](C)O)C(C)C)C(=O)N1CCC[C@H]1C(=O)O. The molecule has 0 saturated carbocycles. The number of nitrogens with one attached hydrogen (secondary N) is 17. The number of hydrogen-bond acceptors (Lipinski definition) is 29. The van der Waals surface area contributed by atoms with Crippen molar-refractivity contribution in [3.05, 3.63) is 36.0 Å². The number of aromatic nitrogens is 1. The molecule has 0 aliphatic carbocycles. The van der Waals surface area contributed by atoms with Crippen molar-refractivity contribution in [3.63, 3.8) is 0 Å². The Morgan fingerprint density at radius 1 is 0.421 bits per heavy atom. The molecule has 1 aliphatic rings. The third-order valence-electron chi connectivity index (χ3n) is 23.8. The number of rotatable bonds is 70. The Morgan fingerprint density at radius 2 is 0.779 bits per heavy atom. The summed E-state index contributed by atoms with van der Waals surface area (Å²) < 4.78 is 0. The van der Waals surface area contributed by atoms with Crippen molar-refractivity contribution in [2.75, 3.05) is 44.2 Å². The lowest BCUT2D eigenvalue weighted by atomic mass is 9.97. The average molecular weight is 2090 g/mol. The first-order chi connectivity index (χ1) is 68.3. The maximum absolute atomic E-state index is 15.0. The minimum absolute atomic E-state index is 0.0256. The first-order valence-electron chi connectivity index (χ1n) is 48.9. The van der Waals surface area contributed by atoms with E-state index < -0.39 is 301 Å². The molecule has 19 atom stereocenters. The molecular weight excluding hydrogens is 1930 g/mol. The standard InChI is InChI=1S/C93H154N24O26S2/c1-12-50(10)75(92(141)117-35-21-27-68(117)93(142)143)115-89(138)67(45-145)113-90(139)74(49(8)9)114-82(131)58(26-17-20-34-96)103-81(130)59(29-31-70(99)120)105-79(128)57(25-16-19-33-95)106-91(140)76(51(11)118)116-87(136)62(38-48(6)7)109-84(133)61(37-47(4)5)108-86(135)65(41-73(124)125)112-85(134)63(39-52-42-100-55-23-14-13-22-53(52)55)110-80(129)56(24-15-18-32-94)104-88(137)66(44-144)102-71(121)43-101-78(127)64(40-72(122)123)111-83(132)60(36-46(2)3)107-77(126)54(97)28-30-69(98)119/h13-14,22-23,42,46-51,54,56-68,74-76,100,118,144-145H,12,15-21,24-41,43-45,94-97H2,1-11H3,(H2,98,119)(H2,99,120)(H,101,127)(H,102,121)(H,103,130)(H,104,137)(H,105,128)(H,106,140)(H,107,126)(H,108,135)(H,109,133)(H,110,129)(H,111,132)(H,112,134)(H,113,139)(H,114,131)(H,115,138)(H,116,136)(H,122,123)(H,124,125)(H,142,143)/t50-,51+,54-,56-,57-,58-,59-,60-,61-,62-,63-,64-,65-,66-,67-,68-,74-,75-,76-/m0/s1. The first kappa shape index (κ1) is 127. The topological polar surface area (TPSA) is 824 Å². The summed E-state index contributed by atoms with van der Waals surface area (Å²) in [5.74, 6) is -26.5. The number of aliphatic hydroxyl groups excluding tert-OH is 1. The number of carboxylic acid groups (broad SMARTS) is 3. The van der Waals surface area contributed by atoms with E-state index in [0.717, 1.165) is 6.92 Å². The van der Waals surface area contributed by atoms with Gasteiger partial charge in [0.15, 0.2) is 0 Å². The van der Waals surface area contributed by atoms with Gasteiger partial charge < -0.3 is 150 Å². The molecule has 2 heterocycles. The van der Waals surface area contributed by atoms with Crippen molar-refractivity contribution in [3.8, 4) is 0 Å². The number of aliphatic carboxylic acids is 3. The number of amides is 19. The van der Waals surface area contributed by atoms with Gasteiger partial charge in [-0.25, -0.2) is 4.79 Å². The zero-order valence-electron chi connectivity index (χ0n) is 84.2. The Morgan fingerprint density at radius 3 is 1.22 bits per heavy atom. The number of H-pyrrole nitrogens is 1. The van der Waals surface area contributed by atoms with Gasteiger partial charge in [0, 0.05) is 54.4 Å². The molecular formula is C93H154N24O26S2. The number of carbonyl (C=O) groups excluding carboxylic acids is 19. The summed E-state index contributed by atoms with van der Waals surface area (Å²) >= 11 is 8.54. The third-order valence-corrected chi connectivity index (χ3v) is 24.6. The van der Waals surface area contributed by atoms with E-state index in [1.54, 1.807) is 93.5 Å². The van der Waals surface area contributed by atoms with Crippen LogP contribution in [-0.4, -0.2) is 313 Å². The lowest BCUT2D eigenvalue weighted by Crippen LogP contribution is -2.62. The van der Waals surface area contributed by atoms with E-state index in [1.807, 2.05) is 0 Å². The maximum atomic E-state index is 15.0. The van der Waals surface area contributed by atoms with E-state index in [0.29, 0.717) is 35.7 Å². The van der Waals surface area contributed by atoms with Crippen LogP contribution < -0.4 is 119 Å². The van der Waals surface area contributed by atoms with Gasteiger partial charge in [0.25, 0.3) is 0 Å². The van der Waals surface area contributed by atoms with Gasteiger partial charge >= 0.3 is 17.9 Å². The van der Waals surface area contributed by atoms with E-state index >= 15 is 4.79 Å². The predicted molar refractivity (Wildman–Crippen MR) is 536 cm³/mol. The van der Waals surface area contributed by atoms with E-state index in [2.05, 4.69) is 115 Å². The molecule has 19 amide bonds. The molecule has 1 aromatic heterocycles. The van der Waals surface area contributed by atoms with Gasteiger partial charge in [-0.05, 0) is 171 Å². The summed E-state index contributed by atoms with van der Waals surface area (Å²) in [5, 5.41) is 81.6. The fourth-order valence-electron chi connectivity index (χ4n) is 15.6. The molecule has 52 heteroatoms. The highest BCUT2D eigenvalue weighted by molar-refractivity contribution is 7.80. The third kappa shape index (κ3) is 45.0. The quantitative estimate of drug-likeness (QED) is 0.0217. The smallest absolute Gasteiger partial charge is 0.326 e. The number of likely N-dealkylation sites (tertiary alicyclic amines) is 1. The summed E-state index contributed by atoms with van der Waals surface area (Å²) in [4.78, 5) is 307. The van der Waals surface area contributed by atoms with Crippen LogP contribution in [0.3, 0.4) is 0 Å². The molecule has 145 heavy (non-hydrogen) atoms. The van der Waals surface area contributed by atoms with Crippen molar-refractivity contribution < 1.29 is 126 Å². The van der Waals surface area contributed by atoms with E-state index in [-0.39, 0.29) is 134 Å². The highest BCUT2D eigenvalue weighted by Gasteiger charge is 2.44. The molecule has 1 fully saturated rings. The summed E-state index contributed by atoms with van der Waals surface area (Å²) in [6.45, 7) is 17.3. The summed E-state index contributed by atoms with van der Waals surface area (Å²) in [7, 11) is 0. The van der Waals surface area contributed by atoms with Crippen LogP contribution in [0.15, 0.2) is 30.5 Å². The molecule has 814 valence electrons. The molecule has 50 nitrogen and oxygen atoms in total. The summed E-state index contributed by atoms with van der Waals surface area (Å²) in [6.07, 6.45) is -2.79. The number of aliphatic hydroxyl groups is 1. The van der Waals surface area contributed by atoms with Crippen LogP contribution in [0.1, 0.15) is 217 Å². The molecule has 0 radical (unpaired) electrons. The maximum Gasteiger partial charge on any atom is 0.326 e. The average Bonchev–Trinajstić information content (AvgIpc) is 1.67. The second kappa shape index (κ2) is 65.2. The van der Waals surface area contributed by atoms with E-state index in [9.17, 15) is 121 Å². The van der Waals surface area contributed by atoms with Crippen molar-refractivity contribution >= 4 is 166 Å². The van der Waals surface area contributed by atoms with Crippen LogP contribution in [0, 0.1) is 29.6 Å². The Balaban J connectivity index is 1.96. The first-order valence-corrected chi connectivity index (χ1v) is 50.2. The molecule has 0 bridgehead atoms. The minimum atomic E-state index is -2.05. The number of thiol groups is 2. The van der Waals surface area contributed by atoms with Crippen molar-refractivity contribution in [1.82, 2.24) is 95.0 Å². The number of nitrogens with two attached hydrogens (primary N) is 6.